The van der Waals surface area contributed by atoms with Crippen LogP contribution in [0.15, 0.2) is 6.20 Å². The molecule has 0 bridgehead atoms. The maximum absolute atomic E-state index is 5.71. The predicted molar refractivity (Wildman–Crippen MR) is 82.0 cm³/mol. The van der Waals surface area contributed by atoms with Crippen LogP contribution in [0.1, 0.15) is 38.4 Å². The third-order valence-corrected chi connectivity index (χ3v) is 3.57. The number of ether oxygens (including phenoxy) is 1. The minimum atomic E-state index is -0.0430. The minimum Gasteiger partial charge on any atom is -0.462 e. The first kappa shape index (κ1) is 16.9. The molecule has 0 saturated carbocycles. The lowest BCUT2D eigenvalue weighted by Gasteiger charge is -2.31. The van der Waals surface area contributed by atoms with Gasteiger partial charge in [0.15, 0.2) is 0 Å². The summed E-state index contributed by atoms with van der Waals surface area (Å²) < 4.78 is 5.71. The molecule has 1 aromatic rings. The molecule has 5 heteroatoms. The number of aromatic nitrogens is 2. The Morgan fingerprint density at radius 2 is 2.05 bits per heavy atom. The van der Waals surface area contributed by atoms with Gasteiger partial charge in [0.2, 0.25) is 0 Å². The Balaban J connectivity index is 2.59. The first-order valence-corrected chi connectivity index (χ1v) is 7.20. The van der Waals surface area contributed by atoms with E-state index in [0.717, 1.165) is 30.8 Å². The Hall–Kier alpha value is -1.20. The van der Waals surface area contributed by atoms with E-state index in [0.29, 0.717) is 12.6 Å². The molecule has 1 aromatic heterocycles. The molecule has 0 radical (unpaired) electrons. The maximum atomic E-state index is 5.71. The Morgan fingerprint density at radius 3 is 2.60 bits per heavy atom. The highest BCUT2D eigenvalue weighted by Gasteiger charge is 2.21. The zero-order chi connectivity index (χ0) is 15.2. The standard InChI is InChI=1S/C15H28N4O/c1-7-8-16-9-13-10-17-14(18-12(13)2)20-11-15(3,4)19(5)6/h10,16H,7-9,11H2,1-6H3. The van der Waals surface area contributed by atoms with Gasteiger partial charge in [-0.25, -0.2) is 9.97 Å². The van der Waals surface area contributed by atoms with Crippen molar-refractivity contribution < 1.29 is 4.74 Å². The normalized spacial score (nSPS) is 11.9. The molecular weight excluding hydrogens is 252 g/mol. The average molecular weight is 280 g/mol. The second-order valence-corrected chi connectivity index (χ2v) is 5.94. The van der Waals surface area contributed by atoms with Crippen molar-refractivity contribution in [2.45, 2.75) is 46.2 Å². The van der Waals surface area contributed by atoms with Gasteiger partial charge in [-0.1, -0.05) is 6.92 Å². The smallest absolute Gasteiger partial charge is 0.316 e. The van der Waals surface area contributed by atoms with E-state index in [1.807, 2.05) is 27.2 Å². The summed E-state index contributed by atoms with van der Waals surface area (Å²) in [6.07, 6.45) is 2.98. The van der Waals surface area contributed by atoms with Crippen molar-refractivity contribution in [3.8, 4) is 6.01 Å². The van der Waals surface area contributed by atoms with E-state index in [-0.39, 0.29) is 5.54 Å². The van der Waals surface area contributed by atoms with Crippen LogP contribution in [-0.2, 0) is 6.54 Å². The van der Waals surface area contributed by atoms with Crippen molar-refractivity contribution in [3.05, 3.63) is 17.5 Å². The number of hydrogen-bond donors (Lipinski definition) is 1. The van der Waals surface area contributed by atoms with Crippen LogP contribution in [0.4, 0.5) is 0 Å². The van der Waals surface area contributed by atoms with Gasteiger partial charge in [-0.05, 0) is 47.8 Å². The molecule has 0 fully saturated rings. The number of likely N-dealkylation sites (N-methyl/N-ethyl adjacent to an activating group) is 1. The predicted octanol–water partition coefficient (Wildman–Crippen LogP) is 2.00. The number of nitrogens with zero attached hydrogens (tertiary/aromatic N) is 3. The highest BCUT2D eigenvalue weighted by Crippen LogP contribution is 2.13. The van der Waals surface area contributed by atoms with Gasteiger partial charge in [0.1, 0.15) is 6.61 Å². The first-order valence-electron chi connectivity index (χ1n) is 7.20. The number of hydrogen-bond acceptors (Lipinski definition) is 5. The van der Waals surface area contributed by atoms with Crippen LogP contribution >= 0.6 is 0 Å². The van der Waals surface area contributed by atoms with Crippen LogP contribution in [-0.4, -0.2) is 47.7 Å². The molecule has 114 valence electrons. The van der Waals surface area contributed by atoms with Gasteiger partial charge in [-0.2, -0.15) is 0 Å². The van der Waals surface area contributed by atoms with Crippen LogP contribution in [0.2, 0.25) is 0 Å². The molecule has 0 atom stereocenters. The van der Waals surface area contributed by atoms with Crippen LogP contribution in [0.3, 0.4) is 0 Å². The third kappa shape index (κ3) is 5.06. The number of nitrogens with one attached hydrogen (secondary N) is 1. The van der Waals surface area contributed by atoms with Gasteiger partial charge < -0.3 is 15.0 Å². The monoisotopic (exact) mass is 280 g/mol. The van der Waals surface area contributed by atoms with Crippen LogP contribution in [0.25, 0.3) is 0 Å². The number of aryl methyl sites for hydroxylation is 1. The fourth-order valence-electron chi connectivity index (χ4n) is 1.48. The fourth-order valence-corrected chi connectivity index (χ4v) is 1.48. The molecule has 0 aromatic carbocycles. The van der Waals surface area contributed by atoms with Gasteiger partial charge >= 0.3 is 6.01 Å². The molecule has 1 rings (SSSR count). The van der Waals surface area contributed by atoms with E-state index in [4.69, 9.17) is 4.74 Å². The number of rotatable bonds is 8. The minimum absolute atomic E-state index is 0.0430. The van der Waals surface area contributed by atoms with Crippen molar-refractivity contribution in [1.82, 2.24) is 20.2 Å². The molecule has 20 heavy (non-hydrogen) atoms. The van der Waals surface area contributed by atoms with Crippen molar-refractivity contribution in [1.29, 1.82) is 0 Å². The molecule has 0 saturated heterocycles. The van der Waals surface area contributed by atoms with E-state index >= 15 is 0 Å². The molecule has 0 amide bonds. The molecule has 0 aliphatic heterocycles. The molecule has 0 spiro atoms. The van der Waals surface area contributed by atoms with E-state index in [1.165, 1.54) is 0 Å². The SMILES string of the molecule is CCCNCc1cnc(OCC(C)(C)N(C)C)nc1C. The summed E-state index contributed by atoms with van der Waals surface area (Å²) >= 11 is 0. The molecular formula is C15H28N4O. The Morgan fingerprint density at radius 1 is 1.35 bits per heavy atom. The summed E-state index contributed by atoms with van der Waals surface area (Å²) in [5.41, 5.74) is 2.05. The lowest BCUT2D eigenvalue weighted by molar-refractivity contribution is 0.107. The van der Waals surface area contributed by atoms with Crippen molar-refractivity contribution in [2.75, 3.05) is 27.2 Å². The van der Waals surface area contributed by atoms with Crippen molar-refractivity contribution in [3.63, 3.8) is 0 Å². The third-order valence-electron chi connectivity index (χ3n) is 3.57. The summed E-state index contributed by atoms with van der Waals surface area (Å²) in [7, 11) is 4.08. The average Bonchev–Trinajstić information content (AvgIpc) is 2.39. The van der Waals surface area contributed by atoms with Gasteiger partial charge in [0.05, 0.1) is 0 Å². The van der Waals surface area contributed by atoms with Crippen LogP contribution in [0, 0.1) is 6.92 Å². The lowest BCUT2D eigenvalue weighted by atomic mass is 10.1. The zero-order valence-corrected chi connectivity index (χ0v) is 13.7. The Labute approximate surface area is 122 Å². The summed E-state index contributed by atoms with van der Waals surface area (Å²) in [6, 6.07) is 0.455. The van der Waals surface area contributed by atoms with Crippen molar-refractivity contribution >= 4 is 0 Å². The Kier molecular flexibility index (Phi) is 6.36. The second-order valence-electron chi connectivity index (χ2n) is 5.94. The van der Waals surface area contributed by atoms with Gasteiger partial charge in [0.25, 0.3) is 0 Å². The highest BCUT2D eigenvalue weighted by atomic mass is 16.5. The van der Waals surface area contributed by atoms with Gasteiger partial charge in [0, 0.05) is 29.5 Å². The zero-order valence-electron chi connectivity index (χ0n) is 13.7. The molecule has 1 N–H and O–H groups in total. The largest absolute Gasteiger partial charge is 0.462 e. The summed E-state index contributed by atoms with van der Waals surface area (Å²) in [5, 5.41) is 3.36. The second kappa shape index (κ2) is 7.55. The quantitative estimate of drug-likeness (QED) is 0.738. The molecule has 0 aliphatic rings. The maximum Gasteiger partial charge on any atom is 0.316 e. The molecule has 0 aliphatic carbocycles. The summed E-state index contributed by atoms with van der Waals surface area (Å²) in [5.74, 6) is 0. The van der Waals surface area contributed by atoms with E-state index in [9.17, 15) is 0 Å². The summed E-state index contributed by atoms with van der Waals surface area (Å²) in [6.45, 7) is 10.8. The van der Waals surface area contributed by atoms with E-state index < -0.39 is 0 Å². The van der Waals surface area contributed by atoms with Crippen LogP contribution in [0.5, 0.6) is 6.01 Å². The topological polar surface area (TPSA) is 50.3 Å². The van der Waals surface area contributed by atoms with Gasteiger partial charge in [-0.15, -0.1) is 0 Å². The fraction of sp³-hybridized carbons (Fsp3) is 0.733. The van der Waals surface area contributed by atoms with Crippen LogP contribution < -0.4 is 10.1 Å². The van der Waals surface area contributed by atoms with Crippen molar-refractivity contribution in [2.24, 2.45) is 0 Å². The molecule has 1 heterocycles. The van der Waals surface area contributed by atoms with E-state index in [2.05, 4.69) is 41.0 Å². The van der Waals surface area contributed by atoms with E-state index in [1.54, 1.807) is 0 Å². The first-order chi connectivity index (χ1) is 9.36. The highest BCUT2D eigenvalue weighted by molar-refractivity contribution is 5.17. The van der Waals surface area contributed by atoms with Gasteiger partial charge in [-0.3, -0.25) is 0 Å². The lowest BCUT2D eigenvalue weighted by Crippen LogP contribution is -2.43. The molecule has 5 nitrogen and oxygen atoms in total. The summed E-state index contributed by atoms with van der Waals surface area (Å²) in [4.78, 5) is 10.8. The molecule has 0 unspecified atom stereocenters. The Bertz CT molecular complexity index is 418.